The van der Waals surface area contributed by atoms with Crippen molar-refractivity contribution in [1.82, 2.24) is 9.97 Å². The number of hydrogen-bond acceptors (Lipinski definition) is 6. The molecule has 1 atom stereocenters. The van der Waals surface area contributed by atoms with Crippen LogP contribution in [0, 0.1) is 5.92 Å². The number of carbonyl (C=O) groups is 1. The lowest BCUT2D eigenvalue weighted by Crippen LogP contribution is -3.13. The molecule has 1 fully saturated rings. The van der Waals surface area contributed by atoms with Crippen LogP contribution in [0.4, 0.5) is 0 Å². The number of carbonyl (C=O) groups excluding carboxylic acids is 1. The van der Waals surface area contributed by atoms with Crippen molar-refractivity contribution in [3.63, 3.8) is 0 Å². The molecule has 27 heavy (non-hydrogen) atoms. The first-order valence-corrected chi connectivity index (χ1v) is 10.8. The van der Waals surface area contributed by atoms with Crippen molar-refractivity contribution in [3.8, 4) is 10.4 Å². The molecule has 2 N–H and O–H groups in total. The Morgan fingerprint density at radius 1 is 1.37 bits per heavy atom. The fourth-order valence-electron chi connectivity index (χ4n) is 3.80. The Balaban J connectivity index is 1.58. The molecular weight excluding hydrogens is 382 g/mol. The summed E-state index contributed by atoms with van der Waals surface area (Å²) in [6, 6.07) is 4.09. The second kappa shape index (κ2) is 7.53. The van der Waals surface area contributed by atoms with Crippen molar-refractivity contribution in [2.24, 2.45) is 5.92 Å². The largest absolute Gasteiger partial charge is 0.469 e. The molecule has 0 amide bonds. The number of thiophene rings is 2. The van der Waals surface area contributed by atoms with Crippen molar-refractivity contribution >= 4 is 38.9 Å². The maximum atomic E-state index is 12.8. The number of H-pyrrole nitrogens is 1. The van der Waals surface area contributed by atoms with Gasteiger partial charge in [-0.25, -0.2) is 4.98 Å². The smallest absolute Gasteiger partial charge is 0.309 e. The van der Waals surface area contributed by atoms with Crippen LogP contribution in [-0.4, -0.2) is 36.1 Å². The Hall–Kier alpha value is -2.03. The average Bonchev–Trinajstić information content (AvgIpc) is 3.36. The lowest BCUT2D eigenvalue weighted by Gasteiger charge is -2.31. The van der Waals surface area contributed by atoms with Gasteiger partial charge in [-0.05, 0) is 18.4 Å². The normalized spacial score (nSPS) is 21.3. The zero-order chi connectivity index (χ0) is 19.0. The molecule has 4 heterocycles. The van der Waals surface area contributed by atoms with Gasteiger partial charge in [0.1, 0.15) is 10.9 Å². The minimum absolute atomic E-state index is 0.00825. The van der Waals surface area contributed by atoms with Crippen molar-refractivity contribution in [2.75, 3.05) is 20.2 Å². The quantitative estimate of drug-likeness (QED) is 0.654. The van der Waals surface area contributed by atoms with Gasteiger partial charge in [0.25, 0.3) is 5.56 Å². The fourth-order valence-corrected chi connectivity index (χ4v) is 5.57. The van der Waals surface area contributed by atoms with E-state index in [4.69, 9.17) is 9.72 Å². The molecule has 3 aromatic rings. The number of nitrogens with one attached hydrogen (secondary N) is 2. The van der Waals surface area contributed by atoms with Crippen LogP contribution >= 0.6 is 22.7 Å². The van der Waals surface area contributed by atoms with Crippen molar-refractivity contribution in [3.05, 3.63) is 39.1 Å². The Morgan fingerprint density at radius 2 is 2.15 bits per heavy atom. The van der Waals surface area contributed by atoms with Crippen LogP contribution in [0.25, 0.3) is 20.7 Å². The molecule has 142 valence electrons. The van der Waals surface area contributed by atoms with Gasteiger partial charge in [-0.1, -0.05) is 6.07 Å². The van der Waals surface area contributed by atoms with E-state index in [1.807, 2.05) is 22.9 Å². The van der Waals surface area contributed by atoms with Crippen LogP contribution in [-0.2, 0) is 9.53 Å². The third kappa shape index (κ3) is 3.44. The summed E-state index contributed by atoms with van der Waals surface area (Å²) in [5, 5.41) is 4.71. The van der Waals surface area contributed by atoms with Gasteiger partial charge >= 0.3 is 5.97 Å². The van der Waals surface area contributed by atoms with Crippen LogP contribution in [0.15, 0.2) is 27.7 Å². The summed E-state index contributed by atoms with van der Waals surface area (Å²) in [6.45, 7) is 3.83. The summed E-state index contributed by atoms with van der Waals surface area (Å²) in [6.07, 6.45) is 1.61. The molecule has 3 aromatic heterocycles. The molecule has 0 radical (unpaired) electrons. The number of rotatable bonds is 4. The van der Waals surface area contributed by atoms with Gasteiger partial charge in [0.15, 0.2) is 5.82 Å². The molecule has 0 aliphatic carbocycles. The third-order valence-electron chi connectivity index (χ3n) is 5.43. The van der Waals surface area contributed by atoms with Gasteiger partial charge in [-0.3, -0.25) is 9.59 Å². The van der Waals surface area contributed by atoms with Crippen LogP contribution in [0.2, 0.25) is 0 Å². The third-order valence-corrected chi connectivity index (χ3v) is 7.21. The van der Waals surface area contributed by atoms with Crippen LogP contribution in [0.1, 0.15) is 31.6 Å². The number of ether oxygens (including phenoxy) is 1. The lowest BCUT2D eigenvalue weighted by molar-refractivity contribution is -0.935. The number of aromatic nitrogens is 2. The average molecular weight is 405 g/mol. The molecule has 1 aliphatic heterocycles. The van der Waals surface area contributed by atoms with E-state index in [2.05, 4.69) is 11.9 Å². The second-order valence-corrected chi connectivity index (χ2v) is 8.74. The Kier molecular flexibility index (Phi) is 5.12. The van der Waals surface area contributed by atoms with E-state index in [0.717, 1.165) is 47.0 Å². The minimum Gasteiger partial charge on any atom is -0.469 e. The van der Waals surface area contributed by atoms with E-state index < -0.39 is 0 Å². The molecule has 0 saturated carbocycles. The van der Waals surface area contributed by atoms with Gasteiger partial charge in [0.2, 0.25) is 0 Å². The standard InChI is InChI=1S/C19H21N3O3S2/c1-11(22-7-5-12(6-8-22)19(24)25-2)16-20-17(23)15-13(10-27-18(15)21-16)14-4-3-9-26-14/h3-4,9-12H,5-8H2,1-2H3,(H,20,21,23)/p+1/t11-/m0/s1. The first kappa shape index (κ1) is 18.3. The van der Waals surface area contributed by atoms with Gasteiger partial charge in [0, 0.05) is 28.7 Å². The number of hydrogen-bond donors (Lipinski definition) is 2. The zero-order valence-electron chi connectivity index (χ0n) is 15.3. The number of likely N-dealkylation sites (tertiary alicyclic amines) is 1. The highest BCUT2D eigenvalue weighted by atomic mass is 32.1. The van der Waals surface area contributed by atoms with E-state index in [1.54, 1.807) is 11.3 Å². The van der Waals surface area contributed by atoms with Crippen molar-refractivity contribution < 1.29 is 14.4 Å². The first-order valence-electron chi connectivity index (χ1n) is 9.06. The monoisotopic (exact) mass is 404 g/mol. The minimum atomic E-state index is -0.116. The summed E-state index contributed by atoms with van der Waals surface area (Å²) in [5.41, 5.74) is 0.888. The summed E-state index contributed by atoms with van der Waals surface area (Å²) in [5.74, 6) is 0.596. The van der Waals surface area contributed by atoms with Gasteiger partial charge in [-0.15, -0.1) is 22.7 Å². The molecule has 4 rings (SSSR count). The number of piperidine rings is 1. The van der Waals surface area contributed by atoms with E-state index in [9.17, 15) is 9.59 Å². The highest BCUT2D eigenvalue weighted by Gasteiger charge is 2.32. The van der Waals surface area contributed by atoms with Gasteiger partial charge < -0.3 is 14.6 Å². The van der Waals surface area contributed by atoms with Crippen molar-refractivity contribution in [2.45, 2.75) is 25.8 Å². The molecule has 1 aliphatic rings. The molecule has 6 nitrogen and oxygen atoms in total. The molecule has 0 bridgehead atoms. The topological polar surface area (TPSA) is 76.5 Å². The number of fused-ring (bicyclic) bond motifs is 1. The van der Waals surface area contributed by atoms with E-state index >= 15 is 0 Å². The number of methoxy groups -OCH3 is 1. The zero-order valence-corrected chi connectivity index (χ0v) is 16.9. The summed E-state index contributed by atoms with van der Waals surface area (Å²) < 4.78 is 4.86. The number of quaternary nitrogens is 1. The van der Waals surface area contributed by atoms with Gasteiger partial charge in [0.05, 0.1) is 31.5 Å². The van der Waals surface area contributed by atoms with E-state index in [-0.39, 0.29) is 23.5 Å². The van der Waals surface area contributed by atoms with E-state index in [0.29, 0.717) is 5.39 Å². The number of nitrogens with zero attached hydrogens (tertiary/aromatic N) is 1. The van der Waals surface area contributed by atoms with Crippen LogP contribution < -0.4 is 10.5 Å². The summed E-state index contributed by atoms with van der Waals surface area (Å²) >= 11 is 3.14. The SMILES string of the molecule is COC(=O)C1CC[NH+]([C@@H](C)c2nc3scc(-c4cccs4)c3c(=O)[nH]2)CC1. The molecule has 0 spiro atoms. The van der Waals surface area contributed by atoms with Gasteiger partial charge in [-0.2, -0.15) is 0 Å². The Morgan fingerprint density at radius 3 is 2.81 bits per heavy atom. The first-order chi connectivity index (χ1) is 13.1. The predicted molar refractivity (Wildman–Crippen MR) is 107 cm³/mol. The Bertz CT molecular complexity index is 1000. The number of aromatic amines is 1. The molecule has 1 saturated heterocycles. The maximum absolute atomic E-state index is 12.8. The molecule has 8 heteroatoms. The molecule has 0 aromatic carbocycles. The summed E-state index contributed by atoms with van der Waals surface area (Å²) in [4.78, 5) is 35.5. The lowest BCUT2D eigenvalue weighted by atomic mass is 9.96. The predicted octanol–water partition coefficient (Wildman–Crippen LogP) is 2.24. The fraction of sp³-hybridized carbons (Fsp3) is 0.421. The van der Waals surface area contributed by atoms with Crippen molar-refractivity contribution in [1.29, 1.82) is 0 Å². The highest BCUT2D eigenvalue weighted by Crippen LogP contribution is 2.33. The molecular formula is C19H22N3O3S2+. The second-order valence-electron chi connectivity index (χ2n) is 6.94. The Labute approximate surface area is 164 Å². The van der Waals surface area contributed by atoms with E-state index in [1.165, 1.54) is 23.3 Å². The number of esters is 1. The summed E-state index contributed by atoms with van der Waals surface area (Å²) in [7, 11) is 1.44. The molecule has 0 unspecified atom stereocenters. The van der Waals surface area contributed by atoms with Crippen LogP contribution in [0.3, 0.4) is 0 Å². The van der Waals surface area contributed by atoms with Crippen LogP contribution in [0.5, 0.6) is 0 Å². The highest BCUT2D eigenvalue weighted by molar-refractivity contribution is 7.18. The maximum Gasteiger partial charge on any atom is 0.309 e.